The van der Waals surface area contributed by atoms with E-state index in [1.807, 2.05) is 22.4 Å². The molecular formula is C20H20FN5O2S. The van der Waals surface area contributed by atoms with Crippen LogP contribution in [0.3, 0.4) is 0 Å². The van der Waals surface area contributed by atoms with Crippen molar-refractivity contribution >= 4 is 23.2 Å². The van der Waals surface area contributed by atoms with E-state index in [0.29, 0.717) is 11.5 Å². The molecule has 3 aromatic rings. The number of halogens is 1. The monoisotopic (exact) mass is 413 g/mol. The molecule has 1 aromatic carbocycles. The molecule has 9 heteroatoms. The molecule has 0 spiro atoms. The Morgan fingerprint density at radius 3 is 2.72 bits per heavy atom. The van der Waals surface area contributed by atoms with Crippen LogP contribution in [0.2, 0.25) is 0 Å². The molecule has 2 amide bonds. The zero-order chi connectivity index (χ0) is 20.2. The van der Waals surface area contributed by atoms with E-state index < -0.39 is 11.7 Å². The third-order valence-corrected chi connectivity index (χ3v) is 5.55. The molecule has 0 saturated carbocycles. The highest BCUT2D eigenvalue weighted by atomic mass is 32.1. The van der Waals surface area contributed by atoms with Gasteiger partial charge in [-0.25, -0.2) is 14.1 Å². The molecular weight excluding hydrogens is 393 g/mol. The van der Waals surface area contributed by atoms with Gasteiger partial charge in [-0.3, -0.25) is 9.59 Å². The first kappa shape index (κ1) is 19.3. The molecule has 29 heavy (non-hydrogen) atoms. The van der Waals surface area contributed by atoms with Crippen LogP contribution < -0.4 is 5.32 Å². The SMILES string of the molecule is O=C(NCCC(=O)N1CCCC1)c1nc(-c2cccs2)n(-c2cccc(F)c2)n1. The van der Waals surface area contributed by atoms with Crippen molar-refractivity contribution < 1.29 is 14.0 Å². The van der Waals surface area contributed by atoms with E-state index in [1.54, 1.807) is 12.1 Å². The molecule has 7 nitrogen and oxygen atoms in total. The van der Waals surface area contributed by atoms with E-state index in [4.69, 9.17) is 0 Å². The fourth-order valence-corrected chi connectivity index (χ4v) is 3.95. The molecule has 1 saturated heterocycles. The van der Waals surface area contributed by atoms with Crippen LogP contribution in [-0.2, 0) is 4.79 Å². The number of rotatable bonds is 6. The van der Waals surface area contributed by atoms with Crippen LogP contribution in [0, 0.1) is 5.82 Å². The van der Waals surface area contributed by atoms with Crippen LogP contribution in [0.25, 0.3) is 16.4 Å². The zero-order valence-corrected chi connectivity index (χ0v) is 16.5. The van der Waals surface area contributed by atoms with E-state index in [9.17, 15) is 14.0 Å². The Morgan fingerprint density at radius 2 is 2.00 bits per heavy atom. The number of nitrogens with one attached hydrogen (secondary N) is 1. The quantitative estimate of drug-likeness (QED) is 0.674. The number of hydrogen-bond acceptors (Lipinski definition) is 5. The summed E-state index contributed by atoms with van der Waals surface area (Å²) in [5, 5.41) is 8.89. The van der Waals surface area contributed by atoms with Crippen LogP contribution in [0.5, 0.6) is 0 Å². The van der Waals surface area contributed by atoms with Crippen molar-refractivity contribution in [3.05, 3.63) is 53.4 Å². The maximum atomic E-state index is 13.7. The number of nitrogens with zero attached hydrogens (tertiary/aromatic N) is 4. The van der Waals surface area contributed by atoms with Gasteiger partial charge in [0.2, 0.25) is 11.7 Å². The molecule has 4 rings (SSSR count). The predicted octanol–water partition coefficient (Wildman–Crippen LogP) is 2.88. The molecule has 1 aliphatic heterocycles. The second-order valence-electron chi connectivity index (χ2n) is 6.72. The molecule has 0 atom stereocenters. The highest BCUT2D eigenvalue weighted by Crippen LogP contribution is 2.25. The first-order valence-electron chi connectivity index (χ1n) is 9.44. The standard InChI is InChI=1S/C20H20FN5O2S/c21-14-5-3-6-15(13-14)26-19(16-7-4-12-29-16)23-18(24-26)20(28)22-9-8-17(27)25-10-1-2-11-25/h3-7,12-13H,1-2,8-11H2,(H,22,28). The van der Waals surface area contributed by atoms with Gasteiger partial charge in [0.1, 0.15) is 5.82 Å². The Morgan fingerprint density at radius 1 is 1.17 bits per heavy atom. The van der Waals surface area contributed by atoms with Crippen molar-refractivity contribution in [1.29, 1.82) is 0 Å². The minimum Gasteiger partial charge on any atom is -0.349 e. The fourth-order valence-electron chi connectivity index (χ4n) is 3.25. The number of carbonyl (C=O) groups is 2. The van der Waals surface area contributed by atoms with Crippen molar-refractivity contribution in [2.45, 2.75) is 19.3 Å². The molecule has 3 heterocycles. The van der Waals surface area contributed by atoms with Gasteiger partial charge in [0.15, 0.2) is 5.82 Å². The van der Waals surface area contributed by atoms with Crippen molar-refractivity contribution in [3.8, 4) is 16.4 Å². The maximum absolute atomic E-state index is 13.7. The van der Waals surface area contributed by atoms with E-state index in [0.717, 1.165) is 30.8 Å². The van der Waals surface area contributed by atoms with Gasteiger partial charge in [-0.1, -0.05) is 12.1 Å². The topological polar surface area (TPSA) is 80.1 Å². The Balaban J connectivity index is 1.50. The van der Waals surface area contributed by atoms with Crippen LogP contribution in [0.1, 0.15) is 29.9 Å². The summed E-state index contributed by atoms with van der Waals surface area (Å²) < 4.78 is 15.1. The van der Waals surface area contributed by atoms with Crippen molar-refractivity contribution in [3.63, 3.8) is 0 Å². The molecule has 0 aliphatic carbocycles. The van der Waals surface area contributed by atoms with E-state index in [-0.39, 0.29) is 24.7 Å². The molecule has 0 unspecified atom stereocenters. The number of carbonyl (C=O) groups excluding carboxylic acids is 2. The molecule has 1 fully saturated rings. The molecule has 0 bridgehead atoms. The number of thiophene rings is 1. The number of aromatic nitrogens is 3. The predicted molar refractivity (Wildman–Crippen MR) is 107 cm³/mol. The van der Waals surface area contributed by atoms with E-state index >= 15 is 0 Å². The summed E-state index contributed by atoms with van der Waals surface area (Å²) in [5.74, 6) is -0.385. The summed E-state index contributed by atoms with van der Waals surface area (Å²) in [7, 11) is 0. The zero-order valence-electron chi connectivity index (χ0n) is 15.7. The summed E-state index contributed by atoms with van der Waals surface area (Å²) in [6, 6.07) is 9.69. The fraction of sp³-hybridized carbons (Fsp3) is 0.300. The summed E-state index contributed by atoms with van der Waals surface area (Å²) in [4.78, 5) is 31.6. The lowest BCUT2D eigenvalue weighted by Crippen LogP contribution is -2.33. The van der Waals surface area contributed by atoms with Crippen LogP contribution in [0.4, 0.5) is 4.39 Å². The summed E-state index contributed by atoms with van der Waals surface area (Å²) >= 11 is 1.45. The molecule has 2 aromatic heterocycles. The third-order valence-electron chi connectivity index (χ3n) is 4.69. The smallest absolute Gasteiger partial charge is 0.291 e. The van der Waals surface area contributed by atoms with E-state index in [1.165, 1.54) is 28.2 Å². The van der Waals surface area contributed by atoms with Crippen LogP contribution in [-0.4, -0.2) is 51.1 Å². The Hall–Kier alpha value is -3.07. The highest BCUT2D eigenvalue weighted by Gasteiger charge is 2.21. The number of benzene rings is 1. The molecule has 150 valence electrons. The average Bonchev–Trinajstić information content (AvgIpc) is 3.49. The van der Waals surface area contributed by atoms with Gasteiger partial charge in [0, 0.05) is 26.1 Å². The first-order valence-corrected chi connectivity index (χ1v) is 10.3. The van der Waals surface area contributed by atoms with Gasteiger partial charge in [0.25, 0.3) is 5.91 Å². The first-order chi connectivity index (χ1) is 14.1. The van der Waals surface area contributed by atoms with Crippen molar-refractivity contribution in [2.24, 2.45) is 0 Å². The van der Waals surface area contributed by atoms with E-state index in [2.05, 4.69) is 15.4 Å². The largest absolute Gasteiger partial charge is 0.349 e. The molecule has 0 radical (unpaired) electrons. The lowest BCUT2D eigenvalue weighted by Gasteiger charge is -2.14. The second-order valence-corrected chi connectivity index (χ2v) is 7.67. The van der Waals surface area contributed by atoms with Crippen LogP contribution >= 0.6 is 11.3 Å². The van der Waals surface area contributed by atoms with Gasteiger partial charge in [-0.2, -0.15) is 0 Å². The summed E-state index contributed by atoms with van der Waals surface area (Å²) in [6.07, 6.45) is 2.31. The lowest BCUT2D eigenvalue weighted by molar-refractivity contribution is -0.129. The Labute approximate surface area is 171 Å². The minimum atomic E-state index is -0.466. The number of hydrogen-bond donors (Lipinski definition) is 1. The normalized spacial score (nSPS) is 13.6. The van der Waals surface area contributed by atoms with Crippen molar-refractivity contribution in [2.75, 3.05) is 19.6 Å². The van der Waals surface area contributed by atoms with Crippen molar-refractivity contribution in [1.82, 2.24) is 25.0 Å². The number of amides is 2. The summed E-state index contributed by atoms with van der Waals surface area (Å²) in [6.45, 7) is 1.80. The van der Waals surface area contributed by atoms with Gasteiger partial charge >= 0.3 is 0 Å². The van der Waals surface area contributed by atoms with Crippen LogP contribution in [0.15, 0.2) is 41.8 Å². The Kier molecular flexibility index (Phi) is 5.66. The maximum Gasteiger partial charge on any atom is 0.291 e. The number of likely N-dealkylation sites (tertiary alicyclic amines) is 1. The Bertz CT molecular complexity index is 1010. The molecule has 1 N–H and O–H groups in total. The highest BCUT2D eigenvalue weighted by molar-refractivity contribution is 7.13. The minimum absolute atomic E-state index is 0.0220. The van der Waals surface area contributed by atoms with Gasteiger partial charge in [0.05, 0.1) is 10.6 Å². The van der Waals surface area contributed by atoms with Gasteiger partial charge in [-0.15, -0.1) is 16.4 Å². The third kappa shape index (κ3) is 4.34. The second kappa shape index (κ2) is 8.52. The average molecular weight is 413 g/mol. The molecule has 1 aliphatic rings. The summed E-state index contributed by atoms with van der Waals surface area (Å²) in [5.41, 5.74) is 0.476. The van der Waals surface area contributed by atoms with Gasteiger partial charge < -0.3 is 10.2 Å². The lowest BCUT2D eigenvalue weighted by atomic mass is 10.3. The van der Waals surface area contributed by atoms with Gasteiger partial charge in [-0.05, 0) is 42.5 Å².